The zero-order valence-electron chi connectivity index (χ0n) is 20.6. The summed E-state index contributed by atoms with van der Waals surface area (Å²) in [6.07, 6.45) is 0. The van der Waals surface area contributed by atoms with E-state index in [2.05, 4.69) is 10.3 Å². The Morgan fingerprint density at radius 3 is 2.27 bits per heavy atom. The quantitative estimate of drug-likeness (QED) is 0.272. The fourth-order valence-corrected chi connectivity index (χ4v) is 4.96. The predicted molar refractivity (Wildman–Crippen MR) is 147 cm³/mol. The number of aromatic nitrogens is 4. The zero-order chi connectivity index (χ0) is 26.1. The van der Waals surface area contributed by atoms with Crippen LogP contribution in [0.2, 0.25) is 0 Å². The number of carbonyl (C=O) groups excluding carboxylic acids is 1. The summed E-state index contributed by atoms with van der Waals surface area (Å²) >= 11 is 1.15. The maximum Gasteiger partial charge on any atom is 0.295 e. The number of hydrogen-bond acceptors (Lipinski definition) is 5. The third-order valence-corrected chi connectivity index (χ3v) is 7.13. The molecule has 0 aliphatic heterocycles. The van der Waals surface area contributed by atoms with Crippen molar-refractivity contribution in [2.24, 2.45) is 7.05 Å². The molecule has 1 amide bonds. The summed E-state index contributed by atoms with van der Waals surface area (Å²) in [5, 5.41) is 3.66. The number of nitrogens with one attached hydrogen (secondary N) is 1. The lowest BCUT2D eigenvalue weighted by molar-refractivity contribution is -0.113. The van der Waals surface area contributed by atoms with Gasteiger partial charge in [-0.05, 0) is 50.2 Å². The van der Waals surface area contributed by atoms with Crippen LogP contribution in [0.15, 0.2) is 93.6 Å². The molecule has 5 rings (SSSR count). The Morgan fingerprint density at radius 1 is 0.865 bits per heavy atom. The molecule has 0 saturated carbocycles. The fourth-order valence-electron chi connectivity index (χ4n) is 4.15. The van der Waals surface area contributed by atoms with Gasteiger partial charge in [-0.1, -0.05) is 59.8 Å². The number of para-hydroxylation sites is 2. The molecular weight excluding hydrogens is 486 g/mol. The average molecular weight is 512 g/mol. The van der Waals surface area contributed by atoms with Gasteiger partial charge in [0.2, 0.25) is 5.91 Å². The van der Waals surface area contributed by atoms with Crippen molar-refractivity contribution in [3.8, 4) is 11.4 Å². The van der Waals surface area contributed by atoms with Crippen LogP contribution in [0.5, 0.6) is 0 Å². The third-order valence-electron chi connectivity index (χ3n) is 6.19. The first-order valence-corrected chi connectivity index (χ1v) is 12.7. The number of benzene rings is 3. The summed E-state index contributed by atoms with van der Waals surface area (Å²) in [5.74, 6) is -0.399. The second-order valence-corrected chi connectivity index (χ2v) is 9.60. The molecule has 0 bridgehead atoms. The highest BCUT2D eigenvalue weighted by molar-refractivity contribution is 7.99. The number of anilines is 1. The molecule has 0 spiro atoms. The Hall–Kier alpha value is -4.37. The van der Waals surface area contributed by atoms with E-state index in [9.17, 15) is 14.4 Å². The molecule has 8 nitrogen and oxygen atoms in total. The van der Waals surface area contributed by atoms with E-state index >= 15 is 0 Å². The minimum atomic E-state index is -0.367. The van der Waals surface area contributed by atoms with Gasteiger partial charge in [0.15, 0.2) is 5.16 Å². The lowest BCUT2D eigenvalue weighted by Gasteiger charge is -2.13. The molecule has 9 heteroatoms. The number of thioether (sulfide) groups is 1. The van der Waals surface area contributed by atoms with Crippen molar-refractivity contribution in [2.45, 2.75) is 19.0 Å². The Balaban J connectivity index is 1.45. The Bertz CT molecular complexity index is 1730. The summed E-state index contributed by atoms with van der Waals surface area (Å²) in [7, 11) is 1.77. The van der Waals surface area contributed by atoms with Gasteiger partial charge in [0.1, 0.15) is 5.69 Å². The minimum Gasteiger partial charge on any atom is -0.319 e. The van der Waals surface area contributed by atoms with Crippen LogP contribution < -0.4 is 16.4 Å². The lowest BCUT2D eigenvalue weighted by atomic mass is 10.2. The first-order valence-electron chi connectivity index (χ1n) is 11.7. The molecule has 0 aliphatic rings. The molecule has 0 fully saturated rings. The zero-order valence-corrected chi connectivity index (χ0v) is 21.5. The SMILES string of the molecule is Cc1ccc(-n2c(SCC(=O)Nc3c(C)n(C)n(-c4ccccc4)c3=O)nc3ccccc3c2=O)cc1. The monoisotopic (exact) mass is 511 g/mol. The van der Waals surface area contributed by atoms with Gasteiger partial charge in [0.05, 0.1) is 33.7 Å². The van der Waals surface area contributed by atoms with E-state index < -0.39 is 0 Å². The van der Waals surface area contributed by atoms with Crippen LogP contribution in [-0.4, -0.2) is 30.6 Å². The van der Waals surface area contributed by atoms with Crippen molar-refractivity contribution in [3.63, 3.8) is 0 Å². The highest BCUT2D eigenvalue weighted by Gasteiger charge is 2.19. The molecule has 5 aromatic rings. The van der Waals surface area contributed by atoms with Crippen LogP contribution in [0, 0.1) is 13.8 Å². The molecule has 2 aromatic heterocycles. The van der Waals surface area contributed by atoms with Crippen LogP contribution in [-0.2, 0) is 11.8 Å². The first-order chi connectivity index (χ1) is 17.8. The maximum absolute atomic E-state index is 13.4. The molecule has 0 aliphatic carbocycles. The van der Waals surface area contributed by atoms with Crippen LogP contribution >= 0.6 is 11.8 Å². The number of nitrogens with zero attached hydrogens (tertiary/aromatic N) is 4. The molecule has 0 unspecified atom stereocenters. The summed E-state index contributed by atoms with van der Waals surface area (Å²) in [6.45, 7) is 3.76. The largest absolute Gasteiger partial charge is 0.319 e. The van der Waals surface area contributed by atoms with Crippen molar-refractivity contribution in [1.29, 1.82) is 0 Å². The van der Waals surface area contributed by atoms with Gasteiger partial charge in [-0.25, -0.2) is 9.67 Å². The molecular formula is C28H25N5O3S. The number of hydrogen-bond donors (Lipinski definition) is 1. The van der Waals surface area contributed by atoms with E-state index in [1.807, 2.05) is 67.6 Å². The molecule has 1 N–H and O–H groups in total. The van der Waals surface area contributed by atoms with Crippen molar-refractivity contribution in [1.82, 2.24) is 18.9 Å². The average Bonchev–Trinajstić information content (AvgIpc) is 3.11. The molecule has 186 valence electrons. The number of rotatable bonds is 6. The Morgan fingerprint density at radius 2 is 1.54 bits per heavy atom. The van der Waals surface area contributed by atoms with Gasteiger partial charge >= 0.3 is 0 Å². The van der Waals surface area contributed by atoms with E-state index in [4.69, 9.17) is 0 Å². The van der Waals surface area contributed by atoms with E-state index in [1.165, 1.54) is 9.25 Å². The van der Waals surface area contributed by atoms with E-state index in [1.54, 1.807) is 36.9 Å². The molecule has 0 saturated heterocycles. The number of carbonyl (C=O) groups is 1. The lowest BCUT2D eigenvalue weighted by Crippen LogP contribution is -2.25. The number of fused-ring (bicyclic) bond motifs is 1. The molecule has 0 atom stereocenters. The Kier molecular flexibility index (Phi) is 6.54. The van der Waals surface area contributed by atoms with Crippen LogP contribution in [0.25, 0.3) is 22.3 Å². The molecule has 0 radical (unpaired) electrons. The topological polar surface area (TPSA) is 90.9 Å². The van der Waals surface area contributed by atoms with Gasteiger partial charge in [-0.3, -0.25) is 23.6 Å². The molecule has 3 aromatic carbocycles. The van der Waals surface area contributed by atoms with E-state index in [0.717, 1.165) is 17.3 Å². The van der Waals surface area contributed by atoms with Gasteiger partial charge in [0, 0.05) is 7.05 Å². The van der Waals surface area contributed by atoms with Crippen molar-refractivity contribution in [2.75, 3.05) is 11.1 Å². The van der Waals surface area contributed by atoms with Crippen LogP contribution in [0.1, 0.15) is 11.3 Å². The smallest absolute Gasteiger partial charge is 0.295 e. The summed E-state index contributed by atoms with van der Waals surface area (Å²) in [6, 6.07) is 23.9. The fraction of sp³-hybridized carbons (Fsp3) is 0.143. The maximum atomic E-state index is 13.4. The standard InChI is InChI=1S/C28H25N5O3S/c1-18-13-15-20(16-14-18)32-26(35)22-11-7-8-12-23(22)29-28(32)37-17-24(34)30-25-19(2)31(3)33(27(25)36)21-9-5-4-6-10-21/h4-16H,17H2,1-3H3,(H,30,34). The van der Waals surface area contributed by atoms with Crippen molar-refractivity contribution in [3.05, 3.63) is 111 Å². The Labute approximate surface area is 217 Å². The van der Waals surface area contributed by atoms with Crippen molar-refractivity contribution < 1.29 is 4.79 Å². The van der Waals surface area contributed by atoms with E-state index in [0.29, 0.717) is 33.1 Å². The minimum absolute atomic E-state index is 0.0320. The second-order valence-electron chi connectivity index (χ2n) is 8.66. The van der Waals surface area contributed by atoms with Crippen molar-refractivity contribution >= 4 is 34.3 Å². The van der Waals surface area contributed by atoms with Crippen LogP contribution in [0.4, 0.5) is 5.69 Å². The second kappa shape index (κ2) is 9.94. The van der Waals surface area contributed by atoms with Crippen LogP contribution in [0.3, 0.4) is 0 Å². The highest BCUT2D eigenvalue weighted by Crippen LogP contribution is 2.22. The highest BCUT2D eigenvalue weighted by atomic mass is 32.2. The first kappa shape index (κ1) is 24.3. The predicted octanol–water partition coefficient (Wildman–Crippen LogP) is 4.22. The number of amides is 1. The third kappa shape index (κ3) is 4.61. The van der Waals surface area contributed by atoms with Gasteiger partial charge < -0.3 is 5.32 Å². The summed E-state index contributed by atoms with van der Waals surface area (Å²) < 4.78 is 4.74. The normalized spacial score (nSPS) is 11.1. The molecule has 37 heavy (non-hydrogen) atoms. The van der Waals surface area contributed by atoms with Gasteiger partial charge in [-0.2, -0.15) is 0 Å². The number of aryl methyl sites for hydroxylation is 1. The van der Waals surface area contributed by atoms with Gasteiger partial charge in [-0.15, -0.1) is 0 Å². The summed E-state index contributed by atoms with van der Waals surface area (Å²) in [4.78, 5) is 44.2. The van der Waals surface area contributed by atoms with E-state index in [-0.39, 0.29) is 28.5 Å². The van der Waals surface area contributed by atoms with Gasteiger partial charge in [0.25, 0.3) is 11.1 Å². The molecule has 2 heterocycles. The summed E-state index contributed by atoms with van der Waals surface area (Å²) in [5.41, 5.74) is 3.33.